The molecule has 0 spiro atoms. The maximum absolute atomic E-state index is 13.0. The molecule has 27 heavy (non-hydrogen) atoms. The summed E-state index contributed by atoms with van der Waals surface area (Å²) in [5.41, 5.74) is 2.08. The predicted molar refractivity (Wildman–Crippen MR) is 114 cm³/mol. The van der Waals surface area contributed by atoms with Crippen molar-refractivity contribution in [2.75, 3.05) is 0 Å². The third-order valence-corrected chi connectivity index (χ3v) is 5.64. The lowest BCUT2D eigenvalue weighted by Gasteiger charge is -2.15. The van der Waals surface area contributed by atoms with Crippen molar-refractivity contribution in [2.24, 2.45) is 5.92 Å². The number of benzene rings is 3. The van der Waals surface area contributed by atoms with E-state index in [-0.39, 0.29) is 5.56 Å². The van der Waals surface area contributed by atoms with Crippen LogP contribution in [0.4, 0.5) is 0 Å². The summed E-state index contributed by atoms with van der Waals surface area (Å²) in [7, 11) is 0. The van der Waals surface area contributed by atoms with Gasteiger partial charge in [-0.2, -0.15) is 0 Å². The molecule has 0 bridgehead atoms. The fraction of sp³-hybridized carbons (Fsp3) is 0.217. The molecule has 1 aromatic heterocycles. The highest BCUT2D eigenvalue weighted by atomic mass is 32.2. The Morgan fingerprint density at radius 3 is 2.44 bits per heavy atom. The zero-order chi connectivity index (χ0) is 18.8. The topological polar surface area (TPSA) is 34.9 Å². The molecule has 0 aliphatic heterocycles. The van der Waals surface area contributed by atoms with Crippen LogP contribution in [0.15, 0.2) is 76.7 Å². The van der Waals surface area contributed by atoms with E-state index in [0.29, 0.717) is 17.8 Å². The summed E-state index contributed by atoms with van der Waals surface area (Å²) in [5, 5.41) is 3.97. The molecule has 3 aromatic carbocycles. The first-order chi connectivity index (χ1) is 13.1. The molecule has 0 N–H and O–H groups in total. The zero-order valence-electron chi connectivity index (χ0n) is 15.6. The Kier molecular flexibility index (Phi) is 4.99. The third kappa shape index (κ3) is 3.62. The van der Waals surface area contributed by atoms with Crippen LogP contribution in [0.5, 0.6) is 0 Å². The first kappa shape index (κ1) is 17.8. The van der Waals surface area contributed by atoms with Gasteiger partial charge in [0, 0.05) is 12.3 Å². The Bertz CT molecular complexity index is 1160. The van der Waals surface area contributed by atoms with Gasteiger partial charge in [-0.3, -0.25) is 9.36 Å². The molecule has 136 valence electrons. The van der Waals surface area contributed by atoms with Crippen LogP contribution in [0.3, 0.4) is 0 Å². The normalized spacial score (nSPS) is 11.5. The van der Waals surface area contributed by atoms with E-state index in [9.17, 15) is 4.79 Å². The molecule has 0 unspecified atom stereocenters. The molecule has 1 heterocycles. The van der Waals surface area contributed by atoms with Crippen molar-refractivity contribution in [2.45, 2.75) is 31.3 Å². The lowest BCUT2D eigenvalue weighted by molar-refractivity contribution is 0.475. The Morgan fingerprint density at radius 2 is 1.63 bits per heavy atom. The highest BCUT2D eigenvalue weighted by Crippen LogP contribution is 2.27. The third-order valence-electron chi connectivity index (χ3n) is 4.61. The van der Waals surface area contributed by atoms with Gasteiger partial charge < -0.3 is 0 Å². The van der Waals surface area contributed by atoms with Crippen molar-refractivity contribution in [1.29, 1.82) is 0 Å². The van der Waals surface area contributed by atoms with Crippen LogP contribution >= 0.6 is 11.8 Å². The predicted octanol–water partition coefficient (Wildman–Crippen LogP) is 5.50. The van der Waals surface area contributed by atoms with Crippen molar-refractivity contribution in [3.8, 4) is 0 Å². The van der Waals surface area contributed by atoms with Gasteiger partial charge in [-0.25, -0.2) is 4.98 Å². The zero-order valence-corrected chi connectivity index (χ0v) is 16.4. The molecule has 3 nitrogen and oxygen atoms in total. The van der Waals surface area contributed by atoms with Crippen LogP contribution in [-0.4, -0.2) is 9.55 Å². The van der Waals surface area contributed by atoms with Crippen molar-refractivity contribution >= 4 is 33.4 Å². The summed E-state index contributed by atoms with van der Waals surface area (Å²) in [5.74, 6) is 1.16. The summed E-state index contributed by atoms with van der Waals surface area (Å²) in [6, 6.07) is 22.4. The largest absolute Gasteiger partial charge is 0.287 e. The standard InChI is InChI=1S/C23H22N2OS/c1-16(2)14-25-22(26)20-12-5-6-13-21(20)24-23(25)27-15-18-10-7-9-17-8-3-4-11-19(17)18/h3-13,16H,14-15H2,1-2H3. The molecule has 0 radical (unpaired) electrons. The number of thioether (sulfide) groups is 1. The minimum atomic E-state index is 0.0507. The Balaban J connectivity index is 1.75. The van der Waals surface area contributed by atoms with E-state index < -0.39 is 0 Å². The maximum atomic E-state index is 13.0. The average molecular weight is 375 g/mol. The fourth-order valence-corrected chi connectivity index (χ4v) is 4.36. The van der Waals surface area contributed by atoms with Gasteiger partial charge in [0.05, 0.1) is 10.9 Å². The molecule has 0 saturated carbocycles. The van der Waals surface area contributed by atoms with Crippen LogP contribution in [0, 0.1) is 5.92 Å². The Morgan fingerprint density at radius 1 is 0.926 bits per heavy atom. The second kappa shape index (κ2) is 7.57. The molecule has 0 fully saturated rings. The quantitative estimate of drug-likeness (QED) is 0.342. The summed E-state index contributed by atoms with van der Waals surface area (Å²) >= 11 is 1.64. The summed E-state index contributed by atoms with van der Waals surface area (Å²) in [6.45, 7) is 4.93. The smallest absolute Gasteiger partial charge is 0.262 e. The van der Waals surface area contributed by atoms with E-state index in [2.05, 4.69) is 56.3 Å². The van der Waals surface area contributed by atoms with E-state index in [1.807, 2.05) is 28.8 Å². The fourth-order valence-electron chi connectivity index (χ4n) is 3.34. The molecule has 0 aliphatic rings. The monoisotopic (exact) mass is 374 g/mol. The number of para-hydroxylation sites is 1. The van der Waals surface area contributed by atoms with Crippen molar-refractivity contribution in [3.63, 3.8) is 0 Å². The number of rotatable bonds is 5. The molecule has 0 aliphatic carbocycles. The highest BCUT2D eigenvalue weighted by Gasteiger charge is 2.13. The molecule has 0 atom stereocenters. The number of hydrogen-bond acceptors (Lipinski definition) is 3. The van der Waals surface area contributed by atoms with Crippen LogP contribution in [0.2, 0.25) is 0 Å². The summed E-state index contributed by atoms with van der Waals surface area (Å²) in [6.07, 6.45) is 0. The van der Waals surface area contributed by atoms with E-state index in [1.165, 1.54) is 16.3 Å². The Hall–Kier alpha value is -2.59. The molecule has 4 heteroatoms. The van der Waals surface area contributed by atoms with Gasteiger partial charge in [0.15, 0.2) is 5.16 Å². The Labute approximate surface area is 163 Å². The molecular weight excluding hydrogens is 352 g/mol. The number of fused-ring (bicyclic) bond motifs is 2. The molecular formula is C23H22N2OS. The molecule has 4 aromatic rings. The van der Waals surface area contributed by atoms with Crippen LogP contribution in [0.1, 0.15) is 19.4 Å². The minimum absolute atomic E-state index is 0.0507. The average Bonchev–Trinajstić information content (AvgIpc) is 2.68. The maximum Gasteiger partial charge on any atom is 0.262 e. The first-order valence-corrected chi connectivity index (χ1v) is 10.2. The lowest BCUT2D eigenvalue weighted by atomic mass is 10.1. The van der Waals surface area contributed by atoms with Crippen LogP contribution in [0.25, 0.3) is 21.7 Å². The molecule has 0 amide bonds. The van der Waals surface area contributed by atoms with Gasteiger partial charge in [0.25, 0.3) is 5.56 Å². The van der Waals surface area contributed by atoms with Crippen molar-refractivity contribution in [3.05, 3.63) is 82.6 Å². The minimum Gasteiger partial charge on any atom is -0.287 e. The second-order valence-electron chi connectivity index (χ2n) is 7.15. The first-order valence-electron chi connectivity index (χ1n) is 9.22. The molecule has 4 rings (SSSR count). The van der Waals surface area contributed by atoms with Gasteiger partial charge in [0.2, 0.25) is 0 Å². The van der Waals surface area contributed by atoms with Crippen molar-refractivity contribution in [1.82, 2.24) is 9.55 Å². The highest BCUT2D eigenvalue weighted by molar-refractivity contribution is 7.98. The molecule has 0 saturated heterocycles. The van der Waals surface area contributed by atoms with E-state index in [0.717, 1.165) is 16.4 Å². The van der Waals surface area contributed by atoms with E-state index in [1.54, 1.807) is 11.8 Å². The van der Waals surface area contributed by atoms with Gasteiger partial charge in [-0.15, -0.1) is 0 Å². The summed E-state index contributed by atoms with van der Waals surface area (Å²) < 4.78 is 1.84. The SMILES string of the molecule is CC(C)Cn1c(SCc2cccc3ccccc23)nc2ccccc2c1=O. The number of hydrogen-bond donors (Lipinski definition) is 0. The van der Waals surface area contributed by atoms with Crippen LogP contribution < -0.4 is 5.56 Å². The number of nitrogens with zero attached hydrogens (tertiary/aromatic N) is 2. The van der Waals surface area contributed by atoms with Gasteiger partial charge >= 0.3 is 0 Å². The van der Waals surface area contributed by atoms with E-state index >= 15 is 0 Å². The van der Waals surface area contributed by atoms with Crippen LogP contribution in [-0.2, 0) is 12.3 Å². The summed E-state index contributed by atoms with van der Waals surface area (Å²) in [4.78, 5) is 17.8. The van der Waals surface area contributed by atoms with Gasteiger partial charge in [-0.05, 0) is 34.4 Å². The van der Waals surface area contributed by atoms with E-state index in [4.69, 9.17) is 4.98 Å². The van der Waals surface area contributed by atoms with Gasteiger partial charge in [0.1, 0.15) is 0 Å². The second-order valence-corrected chi connectivity index (χ2v) is 8.09. The lowest BCUT2D eigenvalue weighted by Crippen LogP contribution is -2.25. The number of aromatic nitrogens is 2. The van der Waals surface area contributed by atoms with Gasteiger partial charge in [-0.1, -0.05) is 80.2 Å². The van der Waals surface area contributed by atoms with Crippen molar-refractivity contribution < 1.29 is 0 Å².